The topological polar surface area (TPSA) is 70.8 Å². The van der Waals surface area contributed by atoms with E-state index in [2.05, 4.69) is 0 Å². The first-order valence-corrected chi connectivity index (χ1v) is 9.53. The highest BCUT2D eigenvalue weighted by Crippen LogP contribution is 2.39. The maximum atomic E-state index is 13.8. The minimum Gasteiger partial charge on any atom is -0.508 e. The number of carbonyl (C=O) groups excluding carboxylic acids is 1. The second kappa shape index (κ2) is 7.05. The molecule has 1 aliphatic heterocycles. The predicted octanol–water partition coefficient (Wildman–Crippen LogP) is 4.52. The Kier molecular flexibility index (Phi) is 4.32. The Morgan fingerprint density at radius 2 is 1.58 bits per heavy atom. The van der Waals surface area contributed by atoms with Crippen LogP contribution in [0.2, 0.25) is 0 Å². The van der Waals surface area contributed by atoms with Gasteiger partial charge in [-0.25, -0.2) is 8.78 Å². The van der Waals surface area contributed by atoms with E-state index in [0.717, 1.165) is 12.1 Å². The molecule has 1 unspecified atom stereocenters. The van der Waals surface area contributed by atoms with Crippen molar-refractivity contribution in [1.82, 2.24) is 4.90 Å². The molecule has 31 heavy (non-hydrogen) atoms. The number of rotatable bonds is 3. The van der Waals surface area contributed by atoms with Crippen LogP contribution in [0.15, 0.2) is 75.9 Å². The van der Waals surface area contributed by atoms with Crippen LogP contribution in [0.4, 0.5) is 8.78 Å². The van der Waals surface area contributed by atoms with Gasteiger partial charge in [0.2, 0.25) is 5.76 Å². The Morgan fingerprint density at radius 3 is 2.29 bits per heavy atom. The van der Waals surface area contributed by atoms with Crippen LogP contribution in [0.5, 0.6) is 5.75 Å². The standard InChI is InChI=1S/C24H15F2NO4/c25-15-5-1-13(2-6-15)12-27-21(14-3-8-17(28)9-4-14)20-22(29)18-11-16(26)7-10-19(18)31-23(20)24(27)30/h1-11,21,28H,12H2. The van der Waals surface area contributed by atoms with Crippen LogP contribution in [-0.4, -0.2) is 15.9 Å². The molecule has 1 amide bonds. The van der Waals surface area contributed by atoms with Crippen molar-refractivity contribution >= 4 is 16.9 Å². The second-order valence-corrected chi connectivity index (χ2v) is 7.37. The van der Waals surface area contributed by atoms with Gasteiger partial charge in [0.1, 0.15) is 23.0 Å². The maximum Gasteiger partial charge on any atom is 0.291 e. The summed E-state index contributed by atoms with van der Waals surface area (Å²) in [6.45, 7) is 0.0962. The molecule has 1 aromatic heterocycles. The number of hydrogen-bond donors (Lipinski definition) is 1. The molecule has 4 aromatic rings. The number of fused-ring (bicyclic) bond motifs is 2. The van der Waals surface area contributed by atoms with Gasteiger partial charge in [-0.3, -0.25) is 9.59 Å². The molecule has 5 rings (SSSR count). The molecule has 2 heterocycles. The molecule has 0 aliphatic carbocycles. The predicted molar refractivity (Wildman–Crippen MR) is 109 cm³/mol. The highest BCUT2D eigenvalue weighted by molar-refractivity contribution is 5.99. The zero-order valence-electron chi connectivity index (χ0n) is 16.0. The summed E-state index contributed by atoms with van der Waals surface area (Å²) in [5.74, 6) is -1.57. The minimum atomic E-state index is -0.808. The van der Waals surface area contributed by atoms with E-state index in [1.807, 2.05) is 0 Å². The summed E-state index contributed by atoms with van der Waals surface area (Å²) < 4.78 is 32.9. The number of carbonyl (C=O) groups is 1. The van der Waals surface area contributed by atoms with E-state index < -0.39 is 29.0 Å². The fourth-order valence-corrected chi connectivity index (χ4v) is 3.95. The zero-order valence-corrected chi connectivity index (χ0v) is 16.0. The first-order chi connectivity index (χ1) is 14.9. The van der Waals surface area contributed by atoms with Gasteiger partial charge in [0, 0.05) is 6.54 Å². The molecule has 0 bridgehead atoms. The molecule has 154 valence electrons. The van der Waals surface area contributed by atoms with Crippen molar-refractivity contribution in [1.29, 1.82) is 0 Å². The van der Waals surface area contributed by atoms with Gasteiger partial charge < -0.3 is 14.4 Å². The summed E-state index contributed by atoms with van der Waals surface area (Å²) in [6, 6.07) is 14.6. The fraction of sp³-hybridized carbons (Fsp3) is 0.0833. The van der Waals surface area contributed by atoms with Crippen molar-refractivity contribution < 1.29 is 23.1 Å². The van der Waals surface area contributed by atoms with Crippen LogP contribution in [0, 0.1) is 11.6 Å². The molecule has 1 atom stereocenters. The molecule has 5 nitrogen and oxygen atoms in total. The Balaban J connectivity index is 1.72. The number of amides is 1. The number of halogens is 2. The molecule has 0 spiro atoms. The van der Waals surface area contributed by atoms with E-state index in [-0.39, 0.29) is 34.6 Å². The molecule has 3 aromatic carbocycles. The van der Waals surface area contributed by atoms with Crippen molar-refractivity contribution in [2.75, 3.05) is 0 Å². The molecule has 0 radical (unpaired) electrons. The lowest BCUT2D eigenvalue weighted by Gasteiger charge is -2.25. The van der Waals surface area contributed by atoms with Crippen LogP contribution < -0.4 is 5.43 Å². The molecule has 0 saturated carbocycles. The monoisotopic (exact) mass is 419 g/mol. The van der Waals surface area contributed by atoms with E-state index >= 15 is 0 Å². The maximum absolute atomic E-state index is 13.8. The SMILES string of the molecule is O=C1c2oc3ccc(F)cc3c(=O)c2C(c2ccc(O)cc2)N1Cc1ccc(F)cc1. The van der Waals surface area contributed by atoms with Gasteiger partial charge in [-0.1, -0.05) is 24.3 Å². The van der Waals surface area contributed by atoms with E-state index in [4.69, 9.17) is 4.42 Å². The van der Waals surface area contributed by atoms with E-state index in [9.17, 15) is 23.5 Å². The third-order valence-electron chi connectivity index (χ3n) is 5.40. The molecule has 0 fully saturated rings. The normalized spacial score (nSPS) is 15.5. The Hall–Kier alpha value is -4.00. The highest BCUT2D eigenvalue weighted by atomic mass is 19.1. The van der Waals surface area contributed by atoms with Crippen molar-refractivity contribution in [3.63, 3.8) is 0 Å². The fourth-order valence-electron chi connectivity index (χ4n) is 3.95. The third-order valence-corrected chi connectivity index (χ3v) is 5.40. The van der Waals surface area contributed by atoms with E-state index in [1.165, 1.54) is 35.2 Å². The van der Waals surface area contributed by atoms with Crippen molar-refractivity contribution in [3.8, 4) is 5.75 Å². The van der Waals surface area contributed by atoms with Crippen LogP contribution in [0.25, 0.3) is 11.0 Å². The number of phenols is 1. The lowest BCUT2D eigenvalue weighted by atomic mass is 9.98. The smallest absolute Gasteiger partial charge is 0.291 e. The van der Waals surface area contributed by atoms with Gasteiger partial charge >= 0.3 is 0 Å². The Labute approximate surface area is 174 Å². The van der Waals surface area contributed by atoms with Gasteiger partial charge in [0.05, 0.1) is 17.0 Å². The number of aromatic hydroxyl groups is 1. The molecule has 7 heteroatoms. The van der Waals surface area contributed by atoms with Crippen LogP contribution in [-0.2, 0) is 6.54 Å². The van der Waals surface area contributed by atoms with Crippen molar-refractivity contribution in [2.45, 2.75) is 12.6 Å². The average Bonchev–Trinajstić information content (AvgIpc) is 3.03. The van der Waals surface area contributed by atoms with Gasteiger partial charge in [0.15, 0.2) is 5.43 Å². The third kappa shape index (κ3) is 3.15. The quantitative estimate of drug-likeness (QED) is 0.530. The van der Waals surface area contributed by atoms with Crippen LogP contribution in [0.1, 0.15) is 33.3 Å². The zero-order chi connectivity index (χ0) is 21.7. The van der Waals surface area contributed by atoms with Gasteiger partial charge in [0.25, 0.3) is 5.91 Å². The summed E-state index contributed by atoms with van der Waals surface area (Å²) >= 11 is 0. The van der Waals surface area contributed by atoms with Crippen molar-refractivity contribution in [3.05, 3.63) is 111 Å². The minimum absolute atomic E-state index is 0.0333. The van der Waals surface area contributed by atoms with E-state index in [0.29, 0.717) is 11.1 Å². The molecule has 1 N–H and O–H groups in total. The lowest BCUT2D eigenvalue weighted by Crippen LogP contribution is -2.29. The Bertz CT molecular complexity index is 1380. The molecule has 1 aliphatic rings. The first kappa shape index (κ1) is 19.0. The molecular weight excluding hydrogens is 404 g/mol. The second-order valence-electron chi connectivity index (χ2n) is 7.37. The summed E-state index contributed by atoms with van der Waals surface area (Å²) in [4.78, 5) is 28.0. The number of nitrogens with zero attached hydrogens (tertiary/aromatic N) is 1. The van der Waals surface area contributed by atoms with Gasteiger partial charge in [-0.2, -0.15) is 0 Å². The summed E-state index contributed by atoms with van der Waals surface area (Å²) in [5, 5.41) is 9.70. The van der Waals surface area contributed by atoms with Crippen molar-refractivity contribution in [2.24, 2.45) is 0 Å². The first-order valence-electron chi connectivity index (χ1n) is 9.53. The van der Waals surface area contributed by atoms with Gasteiger partial charge in [-0.05, 0) is 53.6 Å². The highest BCUT2D eigenvalue weighted by Gasteiger charge is 2.42. The van der Waals surface area contributed by atoms with E-state index in [1.54, 1.807) is 24.3 Å². The molecular formula is C24H15F2NO4. The van der Waals surface area contributed by atoms with Crippen LogP contribution in [0.3, 0.4) is 0 Å². The van der Waals surface area contributed by atoms with Gasteiger partial charge in [-0.15, -0.1) is 0 Å². The number of benzene rings is 3. The summed E-state index contributed by atoms with van der Waals surface area (Å²) in [7, 11) is 0. The summed E-state index contributed by atoms with van der Waals surface area (Å²) in [5.41, 5.74) is 0.968. The number of phenolic OH excluding ortho intramolecular Hbond substituents is 1. The number of hydrogen-bond acceptors (Lipinski definition) is 4. The largest absolute Gasteiger partial charge is 0.508 e. The summed E-state index contributed by atoms with van der Waals surface area (Å²) in [6.07, 6.45) is 0. The lowest BCUT2D eigenvalue weighted by molar-refractivity contribution is 0.0714. The molecule has 0 saturated heterocycles. The average molecular weight is 419 g/mol. The van der Waals surface area contributed by atoms with Crippen LogP contribution >= 0.6 is 0 Å². The Morgan fingerprint density at radius 1 is 0.903 bits per heavy atom.